The fraction of sp³-hybridized carbons (Fsp3) is 0.333. The van der Waals surface area contributed by atoms with Gasteiger partial charge in [-0.2, -0.15) is 0 Å². The Hall–Kier alpha value is -1.36. The maximum atomic E-state index is 11.7. The predicted molar refractivity (Wildman–Crippen MR) is 67.1 cm³/mol. The molecule has 1 aromatic carbocycles. The minimum Gasteiger partial charge on any atom is -0.465 e. The molecule has 0 atom stereocenters. The van der Waals surface area contributed by atoms with E-state index in [1.54, 1.807) is 17.0 Å². The quantitative estimate of drug-likeness (QED) is 0.787. The SMILES string of the molecule is COC(=O)c1cc(Br)ccc1N1CCCC1=O. The Bertz CT molecular complexity index is 473. The third-order valence-electron chi connectivity index (χ3n) is 2.73. The van der Waals surface area contributed by atoms with Crippen molar-refractivity contribution in [3.05, 3.63) is 28.2 Å². The number of methoxy groups -OCH3 is 1. The monoisotopic (exact) mass is 297 g/mol. The topological polar surface area (TPSA) is 46.6 Å². The van der Waals surface area contributed by atoms with Gasteiger partial charge in [0.05, 0.1) is 18.4 Å². The molecule has 0 aliphatic carbocycles. The van der Waals surface area contributed by atoms with Gasteiger partial charge in [0, 0.05) is 17.4 Å². The Morgan fingerprint density at radius 3 is 2.82 bits per heavy atom. The number of carbonyl (C=O) groups excluding carboxylic acids is 2. The number of halogens is 1. The molecule has 5 heteroatoms. The summed E-state index contributed by atoms with van der Waals surface area (Å²) in [6, 6.07) is 5.25. The number of hydrogen-bond donors (Lipinski definition) is 0. The highest BCUT2D eigenvalue weighted by molar-refractivity contribution is 9.10. The van der Waals surface area contributed by atoms with Crippen LogP contribution >= 0.6 is 15.9 Å². The normalized spacial score (nSPS) is 15.2. The zero-order chi connectivity index (χ0) is 12.4. The third kappa shape index (κ3) is 2.34. The molecule has 0 radical (unpaired) electrons. The van der Waals surface area contributed by atoms with Crippen molar-refractivity contribution >= 4 is 33.5 Å². The van der Waals surface area contributed by atoms with Crippen LogP contribution in [0.15, 0.2) is 22.7 Å². The second-order valence-corrected chi connectivity index (χ2v) is 4.72. The van der Waals surface area contributed by atoms with Crippen LogP contribution in [0.2, 0.25) is 0 Å². The van der Waals surface area contributed by atoms with Gasteiger partial charge in [-0.15, -0.1) is 0 Å². The highest BCUT2D eigenvalue weighted by Crippen LogP contribution is 2.28. The Morgan fingerprint density at radius 1 is 1.47 bits per heavy atom. The summed E-state index contributed by atoms with van der Waals surface area (Å²) in [4.78, 5) is 25.0. The number of ether oxygens (including phenoxy) is 1. The molecule has 0 saturated carbocycles. The van der Waals surface area contributed by atoms with E-state index in [1.807, 2.05) is 6.07 Å². The average Bonchev–Trinajstić information content (AvgIpc) is 2.74. The zero-order valence-electron chi connectivity index (χ0n) is 9.40. The molecule has 1 aromatic rings. The van der Waals surface area contributed by atoms with Crippen molar-refractivity contribution < 1.29 is 14.3 Å². The summed E-state index contributed by atoms with van der Waals surface area (Å²) in [6.07, 6.45) is 1.37. The number of nitrogens with zero attached hydrogens (tertiary/aromatic N) is 1. The van der Waals surface area contributed by atoms with Crippen LogP contribution in [0.4, 0.5) is 5.69 Å². The Morgan fingerprint density at radius 2 is 2.24 bits per heavy atom. The lowest BCUT2D eigenvalue weighted by Crippen LogP contribution is -2.26. The van der Waals surface area contributed by atoms with E-state index in [0.29, 0.717) is 24.2 Å². The summed E-state index contributed by atoms with van der Waals surface area (Å²) < 4.78 is 5.51. The van der Waals surface area contributed by atoms with Crippen LogP contribution in [0.5, 0.6) is 0 Å². The minimum absolute atomic E-state index is 0.0532. The lowest BCUT2D eigenvalue weighted by Gasteiger charge is -2.18. The van der Waals surface area contributed by atoms with E-state index in [2.05, 4.69) is 15.9 Å². The molecule has 4 nitrogen and oxygen atoms in total. The molecule has 1 aliphatic rings. The largest absolute Gasteiger partial charge is 0.465 e. The maximum absolute atomic E-state index is 11.7. The first-order valence-corrected chi connectivity index (χ1v) is 6.11. The predicted octanol–water partition coefficient (Wildman–Crippen LogP) is 2.36. The van der Waals surface area contributed by atoms with Crippen LogP contribution in [0, 0.1) is 0 Å². The van der Waals surface area contributed by atoms with Crippen LogP contribution in [0.3, 0.4) is 0 Å². The van der Waals surface area contributed by atoms with E-state index >= 15 is 0 Å². The molecule has 0 spiro atoms. The molecule has 0 aromatic heterocycles. The molecule has 17 heavy (non-hydrogen) atoms. The molecule has 1 fully saturated rings. The second kappa shape index (κ2) is 4.87. The molecular weight excluding hydrogens is 286 g/mol. The highest BCUT2D eigenvalue weighted by atomic mass is 79.9. The Labute approximate surface area is 108 Å². The smallest absolute Gasteiger partial charge is 0.340 e. The molecule has 1 saturated heterocycles. The van der Waals surface area contributed by atoms with Crippen LogP contribution in [-0.4, -0.2) is 25.5 Å². The van der Waals surface area contributed by atoms with Gasteiger partial charge in [-0.25, -0.2) is 4.79 Å². The van der Waals surface area contributed by atoms with Gasteiger partial charge < -0.3 is 9.64 Å². The van der Waals surface area contributed by atoms with Crippen LogP contribution in [0.1, 0.15) is 23.2 Å². The molecule has 1 heterocycles. The van der Waals surface area contributed by atoms with E-state index in [0.717, 1.165) is 10.9 Å². The summed E-state index contributed by atoms with van der Waals surface area (Å²) in [5.74, 6) is -0.376. The molecule has 0 bridgehead atoms. The van der Waals surface area contributed by atoms with Gasteiger partial charge >= 0.3 is 5.97 Å². The molecule has 1 aliphatic heterocycles. The third-order valence-corrected chi connectivity index (χ3v) is 3.22. The van der Waals surface area contributed by atoms with Crippen molar-refractivity contribution in [2.75, 3.05) is 18.6 Å². The summed E-state index contributed by atoms with van der Waals surface area (Å²) >= 11 is 3.31. The van der Waals surface area contributed by atoms with Gasteiger partial charge in [0.2, 0.25) is 5.91 Å². The first kappa shape index (κ1) is 12.1. The number of hydrogen-bond acceptors (Lipinski definition) is 3. The van der Waals surface area contributed by atoms with E-state index in [9.17, 15) is 9.59 Å². The summed E-state index contributed by atoms with van der Waals surface area (Å²) in [5.41, 5.74) is 1.04. The standard InChI is InChI=1S/C12H12BrNO3/c1-17-12(16)9-7-8(13)4-5-10(9)14-6-2-3-11(14)15/h4-5,7H,2-3,6H2,1H3. The highest BCUT2D eigenvalue weighted by Gasteiger charge is 2.26. The zero-order valence-corrected chi connectivity index (χ0v) is 11.0. The number of anilines is 1. The van der Waals surface area contributed by atoms with Gasteiger partial charge in [-0.3, -0.25) is 4.79 Å². The van der Waals surface area contributed by atoms with Crippen LogP contribution in [-0.2, 0) is 9.53 Å². The van der Waals surface area contributed by atoms with Gasteiger partial charge in [0.1, 0.15) is 0 Å². The number of carbonyl (C=O) groups is 2. The lowest BCUT2D eigenvalue weighted by molar-refractivity contribution is -0.117. The van der Waals surface area contributed by atoms with Crippen molar-refractivity contribution in [2.45, 2.75) is 12.8 Å². The summed E-state index contributed by atoms with van der Waals surface area (Å²) in [7, 11) is 1.33. The molecule has 0 unspecified atom stereocenters. The Kier molecular flexibility index (Phi) is 3.47. The first-order chi connectivity index (χ1) is 8.13. The molecule has 90 valence electrons. The fourth-order valence-corrected chi connectivity index (χ4v) is 2.28. The van der Waals surface area contributed by atoms with Gasteiger partial charge in [-0.05, 0) is 24.6 Å². The van der Waals surface area contributed by atoms with Crippen molar-refractivity contribution in [3.63, 3.8) is 0 Å². The van der Waals surface area contributed by atoms with Crippen molar-refractivity contribution in [1.82, 2.24) is 0 Å². The fourth-order valence-electron chi connectivity index (χ4n) is 1.92. The van der Waals surface area contributed by atoms with E-state index < -0.39 is 5.97 Å². The Balaban J connectivity index is 2.45. The number of esters is 1. The second-order valence-electron chi connectivity index (χ2n) is 3.80. The van der Waals surface area contributed by atoms with Gasteiger partial charge in [0.15, 0.2) is 0 Å². The summed E-state index contributed by atoms with van der Waals surface area (Å²) in [6.45, 7) is 0.657. The number of benzene rings is 1. The summed E-state index contributed by atoms with van der Waals surface area (Å²) in [5, 5.41) is 0. The van der Waals surface area contributed by atoms with Crippen LogP contribution in [0.25, 0.3) is 0 Å². The van der Waals surface area contributed by atoms with Crippen molar-refractivity contribution in [3.8, 4) is 0 Å². The lowest BCUT2D eigenvalue weighted by atomic mass is 10.1. The molecule has 0 N–H and O–H groups in total. The van der Waals surface area contributed by atoms with E-state index in [1.165, 1.54) is 7.11 Å². The number of rotatable bonds is 2. The maximum Gasteiger partial charge on any atom is 0.340 e. The van der Waals surface area contributed by atoms with Gasteiger partial charge in [0.25, 0.3) is 0 Å². The van der Waals surface area contributed by atoms with Gasteiger partial charge in [-0.1, -0.05) is 15.9 Å². The molecule has 2 rings (SSSR count). The first-order valence-electron chi connectivity index (χ1n) is 5.31. The average molecular weight is 298 g/mol. The van der Waals surface area contributed by atoms with Crippen molar-refractivity contribution in [1.29, 1.82) is 0 Å². The molecular formula is C12H12BrNO3. The van der Waals surface area contributed by atoms with Crippen LogP contribution < -0.4 is 4.90 Å². The van der Waals surface area contributed by atoms with E-state index in [-0.39, 0.29) is 5.91 Å². The van der Waals surface area contributed by atoms with E-state index in [4.69, 9.17) is 4.74 Å². The van der Waals surface area contributed by atoms with Crippen molar-refractivity contribution in [2.24, 2.45) is 0 Å². The molecule has 1 amide bonds. The minimum atomic E-state index is -0.430. The number of amides is 1.